The summed E-state index contributed by atoms with van der Waals surface area (Å²) in [5.74, 6) is 0.633. The van der Waals surface area contributed by atoms with Crippen molar-refractivity contribution in [3.05, 3.63) is 89.5 Å². The van der Waals surface area contributed by atoms with Gasteiger partial charge in [0.05, 0.1) is 20.8 Å². The van der Waals surface area contributed by atoms with Crippen molar-refractivity contribution in [1.29, 1.82) is 0 Å². The van der Waals surface area contributed by atoms with Gasteiger partial charge in [-0.2, -0.15) is 0 Å². The summed E-state index contributed by atoms with van der Waals surface area (Å²) in [7, 11) is 5.13. The van der Waals surface area contributed by atoms with Crippen LogP contribution >= 0.6 is 24.0 Å². The third-order valence-corrected chi connectivity index (χ3v) is 9.93. The minimum Gasteiger partial charge on any atom is -0.497 e. The first kappa shape index (κ1) is 24.9. The van der Waals surface area contributed by atoms with Crippen molar-refractivity contribution in [1.82, 2.24) is 9.80 Å². The van der Waals surface area contributed by atoms with E-state index in [0.29, 0.717) is 28.8 Å². The summed E-state index contributed by atoms with van der Waals surface area (Å²) in [5.41, 5.74) is 2.03. The Labute approximate surface area is 231 Å². The fraction of sp³-hybridized carbons (Fsp3) is 0.276. The molecule has 9 heteroatoms. The van der Waals surface area contributed by atoms with Crippen LogP contribution in [0.15, 0.2) is 72.8 Å². The quantitative estimate of drug-likeness (QED) is 0.477. The fourth-order valence-corrected chi connectivity index (χ4v) is 8.40. The van der Waals surface area contributed by atoms with Crippen LogP contribution in [-0.2, 0) is 21.7 Å². The fourth-order valence-electron chi connectivity index (χ4n) is 6.26. The topological polar surface area (TPSA) is 71.1 Å². The molecule has 0 aromatic heterocycles. The monoisotopic (exact) mass is 545 g/mol. The summed E-state index contributed by atoms with van der Waals surface area (Å²) in [6, 6.07) is 23.1. The Kier molecular flexibility index (Phi) is 5.97. The number of ether oxygens (including phenoxy) is 2. The number of methoxy groups -OCH3 is 2. The number of carbonyl (C=O) groups is 2. The summed E-state index contributed by atoms with van der Waals surface area (Å²) >= 11 is 7.22. The van der Waals surface area contributed by atoms with E-state index in [-0.39, 0.29) is 17.7 Å². The number of likely N-dealkylation sites (tertiary alicyclic amines) is 1. The normalized spacial score (nSPS) is 26.3. The van der Waals surface area contributed by atoms with E-state index < -0.39 is 10.3 Å². The third-order valence-electron chi connectivity index (χ3n) is 7.98. The number of nitrogens with zero attached hydrogens (tertiary/aromatic N) is 2. The molecule has 38 heavy (non-hydrogen) atoms. The molecular formula is C29H27N3O4S2. The molecule has 1 N–H and O–H groups in total. The van der Waals surface area contributed by atoms with Crippen LogP contribution in [-0.4, -0.2) is 58.5 Å². The Bertz CT molecular complexity index is 1450. The summed E-state index contributed by atoms with van der Waals surface area (Å²) < 4.78 is 10.2. The minimum atomic E-state index is -1.29. The highest BCUT2D eigenvalue weighted by Gasteiger charge is 2.77. The lowest BCUT2D eigenvalue weighted by Crippen LogP contribution is -2.61. The van der Waals surface area contributed by atoms with Gasteiger partial charge in [0.25, 0.3) is 5.91 Å². The van der Waals surface area contributed by atoms with Crippen LogP contribution in [0.3, 0.4) is 0 Å². The lowest BCUT2D eigenvalue weighted by molar-refractivity contribution is -0.138. The van der Waals surface area contributed by atoms with Crippen molar-refractivity contribution >= 4 is 45.8 Å². The predicted octanol–water partition coefficient (Wildman–Crippen LogP) is 4.38. The second kappa shape index (κ2) is 9.11. The van der Waals surface area contributed by atoms with E-state index in [9.17, 15) is 9.59 Å². The molecule has 2 spiro atoms. The first-order valence-electron chi connectivity index (χ1n) is 12.3. The Morgan fingerprint density at radius 1 is 1.00 bits per heavy atom. The Morgan fingerprint density at radius 3 is 2.37 bits per heavy atom. The number of nitrogens with one attached hydrogen (secondary N) is 1. The van der Waals surface area contributed by atoms with Crippen molar-refractivity contribution < 1.29 is 19.1 Å². The molecule has 3 aromatic rings. The maximum absolute atomic E-state index is 14.8. The number of likely N-dealkylation sites (N-methyl/N-ethyl adjacent to an activating group) is 1. The van der Waals surface area contributed by atoms with E-state index in [1.54, 1.807) is 19.1 Å². The van der Waals surface area contributed by atoms with E-state index in [1.165, 1.54) is 11.8 Å². The van der Waals surface area contributed by atoms with Crippen LogP contribution in [0, 0.1) is 0 Å². The first-order valence-corrected chi connectivity index (χ1v) is 13.5. The summed E-state index contributed by atoms with van der Waals surface area (Å²) in [6.07, 6.45) is 0. The van der Waals surface area contributed by atoms with Gasteiger partial charge < -0.3 is 14.8 Å². The number of benzene rings is 3. The molecule has 194 valence electrons. The number of hydrogen-bond acceptors (Lipinski definition) is 7. The number of thioether (sulfide) groups is 1. The molecule has 6 rings (SSSR count). The highest BCUT2D eigenvalue weighted by atomic mass is 32.2. The number of hydrogen-bond donors (Lipinski definition) is 1. The SMILES string of the molecule is COc1ccc(C2CN(C)C3(C(=O)Nc4ccc(OC)cc43)C23SC(=S)N(Cc2ccccc2)C3=O)cc1. The Morgan fingerprint density at radius 2 is 1.68 bits per heavy atom. The van der Waals surface area contributed by atoms with Gasteiger partial charge in [0, 0.05) is 23.7 Å². The number of thiocarbonyl (C=S) groups is 1. The molecule has 3 aliphatic heterocycles. The zero-order valence-corrected chi connectivity index (χ0v) is 22.9. The van der Waals surface area contributed by atoms with Gasteiger partial charge in [-0.25, -0.2) is 0 Å². The van der Waals surface area contributed by atoms with Crippen LogP contribution in [0.5, 0.6) is 11.5 Å². The lowest BCUT2D eigenvalue weighted by atomic mass is 9.72. The largest absolute Gasteiger partial charge is 0.497 e. The molecule has 0 bridgehead atoms. The second-order valence-electron chi connectivity index (χ2n) is 9.76. The maximum Gasteiger partial charge on any atom is 0.251 e. The van der Waals surface area contributed by atoms with Crippen LogP contribution in [0.4, 0.5) is 5.69 Å². The number of fused-ring (bicyclic) bond motifs is 3. The molecule has 3 aliphatic rings. The van der Waals surface area contributed by atoms with Crippen molar-refractivity contribution in [3.8, 4) is 11.5 Å². The van der Waals surface area contributed by atoms with Crippen molar-refractivity contribution in [2.24, 2.45) is 0 Å². The summed E-state index contributed by atoms with van der Waals surface area (Å²) in [5, 5.41) is 3.07. The zero-order valence-electron chi connectivity index (χ0n) is 21.3. The Hall–Kier alpha value is -3.40. The molecule has 3 heterocycles. The third kappa shape index (κ3) is 3.28. The zero-order chi connectivity index (χ0) is 26.7. The van der Waals surface area contributed by atoms with Gasteiger partial charge in [-0.3, -0.25) is 19.4 Å². The van der Waals surface area contributed by atoms with Gasteiger partial charge in [-0.05, 0) is 48.5 Å². The Balaban J connectivity index is 1.57. The maximum atomic E-state index is 14.8. The van der Waals surface area contributed by atoms with Crippen LogP contribution in [0.25, 0.3) is 0 Å². The first-order chi connectivity index (χ1) is 18.4. The van der Waals surface area contributed by atoms with Crippen molar-refractivity contribution in [3.63, 3.8) is 0 Å². The lowest BCUT2D eigenvalue weighted by Gasteiger charge is -2.41. The molecule has 0 aliphatic carbocycles. The molecule has 2 fully saturated rings. The van der Waals surface area contributed by atoms with Gasteiger partial charge in [0.1, 0.15) is 20.6 Å². The molecule has 3 unspecified atom stereocenters. The van der Waals surface area contributed by atoms with Crippen LogP contribution < -0.4 is 14.8 Å². The molecule has 0 radical (unpaired) electrons. The molecule has 0 saturated carbocycles. The van der Waals surface area contributed by atoms with E-state index in [1.807, 2.05) is 84.7 Å². The van der Waals surface area contributed by atoms with Gasteiger partial charge >= 0.3 is 0 Å². The van der Waals surface area contributed by atoms with Crippen LogP contribution in [0.1, 0.15) is 22.6 Å². The average Bonchev–Trinajstić information content (AvgIpc) is 3.48. The summed E-state index contributed by atoms with van der Waals surface area (Å²) in [4.78, 5) is 32.7. The van der Waals surface area contributed by atoms with Crippen molar-refractivity contribution in [2.45, 2.75) is 22.7 Å². The van der Waals surface area contributed by atoms with Crippen molar-refractivity contribution in [2.75, 3.05) is 33.1 Å². The smallest absolute Gasteiger partial charge is 0.251 e. The number of amides is 2. The van der Waals surface area contributed by atoms with E-state index in [4.69, 9.17) is 21.7 Å². The number of anilines is 1. The molecule has 2 saturated heterocycles. The minimum absolute atomic E-state index is 0.160. The van der Waals surface area contributed by atoms with Gasteiger partial charge in [0.2, 0.25) is 5.91 Å². The number of carbonyl (C=O) groups excluding carboxylic acids is 2. The molecule has 3 atom stereocenters. The molecular weight excluding hydrogens is 518 g/mol. The van der Waals surface area contributed by atoms with Gasteiger partial charge in [0.15, 0.2) is 5.54 Å². The van der Waals surface area contributed by atoms with Gasteiger partial charge in [-0.15, -0.1) is 0 Å². The van der Waals surface area contributed by atoms with E-state index in [0.717, 1.165) is 22.4 Å². The molecule has 7 nitrogen and oxygen atoms in total. The highest BCUT2D eigenvalue weighted by molar-refractivity contribution is 8.25. The predicted molar refractivity (Wildman–Crippen MR) is 152 cm³/mol. The van der Waals surface area contributed by atoms with E-state index in [2.05, 4.69) is 5.32 Å². The summed E-state index contributed by atoms with van der Waals surface area (Å²) in [6.45, 7) is 0.825. The highest BCUT2D eigenvalue weighted by Crippen LogP contribution is 2.66. The number of rotatable bonds is 5. The van der Waals surface area contributed by atoms with Crippen LogP contribution in [0.2, 0.25) is 0 Å². The average molecular weight is 546 g/mol. The standard InChI is InChI=1S/C29H27N3O4S2/c1-31-17-23(19-9-11-20(35-2)12-10-19)29(26(34)32(27(37)38-29)16-18-7-5-4-6-8-18)28(31)22-15-21(36-3)13-14-24(22)30-25(28)33/h4-15,23H,16-17H2,1-3H3,(H,30,33). The molecule has 2 amide bonds. The van der Waals surface area contributed by atoms with Gasteiger partial charge in [-0.1, -0.05) is 66.4 Å². The molecule has 3 aromatic carbocycles. The second-order valence-corrected chi connectivity index (χ2v) is 11.6. The van der Waals surface area contributed by atoms with E-state index >= 15 is 0 Å².